The van der Waals surface area contributed by atoms with Gasteiger partial charge in [0.05, 0.1) is 78.2 Å². The molecule has 0 bridgehead atoms. The van der Waals surface area contributed by atoms with Gasteiger partial charge >= 0.3 is 30.4 Å². The van der Waals surface area contributed by atoms with E-state index in [0.717, 1.165) is 70.2 Å². The number of nitrogens with one attached hydrogen (secondary N) is 4. The number of ether oxygens (including phenoxy) is 12. The predicted molar refractivity (Wildman–Crippen MR) is 521 cm³/mol. The van der Waals surface area contributed by atoms with Crippen LogP contribution in [-0.4, -0.2) is 168 Å². The molecule has 4 aliphatic heterocycles. The lowest BCUT2D eigenvalue weighted by Crippen LogP contribution is -2.14. The van der Waals surface area contributed by atoms with Crippen molar-refractivity contribution in [2.45, 2.75) is 113 Å². The number of hydrogen-bond acceptors (Lipinski definition) is 41. The zero-order valence-electron chi connectivity index (χ0n) is 79.1. The molecule has 4 aromatic carbocycles. The minimum atomic E-state index is -3.79. The molecule has 4 atom stereocenters. The molecule has 766 valence electrons. The molecule has 12 heterocycles. The van der Waals surface area contributed by atoms with E-state index in [1.54, 1.807) is 25.2 Å². The average Bonchev–Trinajstić information content (AvgIpc) is 1.66. The normalized spacial score (nSPS) is 15.8. The van der Waals surface area contributed by atoms with Crippen LogP contribution in [0.2, 0.25) is 0 Å². The number of benzene rings is 4. The molecule has 144 heavy (non-hydrogen) atoms. The number of aromatic amines is 4. The van der Waals surface area contributed by atoms with Crippen molar-refractivity contribution in [1.82, 2.24) is 78.1 Å². The number of aromatic nitrogens is 16. The lowest BCUT2D eigenvalue weighted by atomic mass is 10.1. The quantitative estimate of drug-likeness (QED) is 0.0126. The molecule has 0 spiro atoms. The summed E-state index contributed by atoms with van der Waals surface area (Å²) in [5.41, 5.74) is 30.4. The Bertz CT molecular complexity index is 7230. The number of rotatable bonds is 46. The molecule has 0 saturated heterocycles. The Morgan fingerprint density at radius 3 is 0.965 bits per heavy atom. The Labute approximate surface area is 820 Å². The summed E-state index contributed by atoms with van der Waals surface area (Å²) >= 11 is 0. The standard InChI is InChI=1S/C26H32N5O7P.C22H26N5O8P.C22H26N5O7P.C21H24N5O7P/c1-17-7-9-19(10-8-17)13-35-39(33,36-14-21-23(38-18(2)37-21)20-5-3-4-6-20)16-34-12-11-31-15-28-22-24(31)29-26(27)30-25(22)32;1-14-3-5-16(6-4-14)10-32-36(30,33-11-18-17(9-28)34-15(2)35-18)13-31-8-7-27-12-24-19-20(27)25-22(23)26-21(19)29;1-14-4-6-17(7-5-14)10-31-35(29,32-11-18-15(2)33-16(3)34-18)13-30-9-8-27-12-24-19-20(27)25-22(23)26-21(19)28;1-14-3-5-16(6-4-14)9-31-34(28,32-11-17-10-30-15(2)33-17)13-29-8-7-26-12-23-18-19(26)24-21(22)25-20(18)27/h7-10,15,20H,2-6,11-14,16H2,1H3,(H3,27,29,30,32);3-6,12,28H,2,7-11,13H2,1H3,(H3,23,25,26,29);4-7,12H,3,8-11,13H2,1-2H3,(H3,23,25,26,28);3-6,10,12H,2,7-9,11,13H2,1H3,(H3,22,24,25,27). The fourth-order valence-corrected chi connectivity index (χ4v) is 19.0. The van der Waals surface area contributed by atoms with E-state index in [9.17, 15) is 42.5 Å². The molecule has 17 rings (SSSR count). The average molecular weight is 2070 g/mol. The third kappa shape index (κ3) is 29.7. The van der Waals surface area contributed by atoms with Crippen molar-refractivity contribution in [1.29, 1.82) is 0 Å². The largest absolute Gasteiger partial charge is 0.431 e. The Kier molecular flexibility index (Phi) is 36.1. The van der Waals surface area contributed by atoms with Gasteiger partial charge < -0.3 is 121 Å². The van der Waals surface area contributed by atoms with Gasteiger partial charge in [0.1, 0.15) is 70.4 Å². The Morgan fingerprint density at radius 2 is 0.653 bits per heavy atom. The van der Waals surface area contributed by atoms with Crippen molar-refractivity contribution in [3.63, 3.8) is 0 Å². The van der Waals surface area contributed by atoms with Crippen molar-refractivity contribution in [3.05, 3.63) is 305 Å². The van der Waals surface area contributed by atoms with Gasteiger partial charge in [0.2, 0.25) is 23.8 Å². The SMILES string of the molecule is C=C1OC(C)=C(COP(=O)(COCCn2cnc3c(=O)[nH]c(N)nc32)OCc2ccc(C)cc2)O1.C=C1OC(CO)=C(COP(=O)(COCCn2cnc3c(=O)[nH]c(N)nc32)OCc2ccc(C)cc2)O1.C=C1OC(COP(=O)(COCCn2cnc3c(=O)[nH]c(N)nc32)OCc2ccc(C)cc2)=C(C2CCCC2)O1.C=C1OC=C(COP(=O)(COCCn2cnc3c(=O)[nH]c(N)nc32)OCc2ccc(C)cc2)O1. The number of nitrogen functional groups attached to an aromatic ring is 4. The van der Waals surface area contributed by atoms with E-state index in [1.165, 1.54) is 31.6 Å². The van der Waals surface area contributed by atoms with Gasteiger partial charge in [-0.15, -0.1) is 0 Å². The number of aliphatic hydroxyl groups is 1. The second-order valence-electron chi connectivity index (χ2n) is 32.6. The number of nitrogens with two attached hydrogens (primary N) is 4. The van der Waals surface area contributed by atoms with Gasteiger partial charge in [0.25, 0.3) is 46.0 Å². The number of allylic oxidation sites excluding steroid dienone is 2. The molecule has 53 heteroatoms. The van der Waals surface area contributed by atoms with Crippen LogP contribution in [0.25, 0.3) is 44.7 Å². The molecular formula is C91H108N20O29P4. The van der Waals surface area contributed by atoms with Gasteiger partial charge in [-0.2, -0.15) is 19.9 Å². The van der Waals surface area contributed by atoms with Crippen LogP contribution >= 0.6 is 30.4 Å². The zero-order valence-corrected chi connectivity index (χ0v) is 82.6. The van der Waals surface area contributed by atoms with E-state index in [4.69, 9.17) is 116 Å². The van der Waals surface area contributed by atoms with Gasteiger partial charge in [0.15, 0.2) is 79.2 Å². The van der Waals surface area contributed by atoms with Gasteiger partial charge in [-0.1, -0.05) is 132 Å². The van der Waals surface area contributed by atoms with E-state index >= 15 is 0 Å². The van der Waals surface area contributed by atoms with Gasteiger partial charge in [-0.3, -0.25) is 75.5 Å². The Hall–Kier alpha value is -13.8. The molecule has 49 nitrogen and oxygen atoms in total. The van der Waals surface area contributed by atoms with Crippen LogP contribution in [0.15, 0.2) is 238 Å². The highest BCUT2D eigenvalue weighted by atomic mass is 31.2. The smallest absolute Gasteiger partial charge is 0.356 e. The van der Waals surface area contributed by atoms with Gasteiger partial charge in [-0.05, 0) is 96.0 Å². The number of imidazole rings is 4. The molecule has 0 amide bonds. The first-order valence-electron chi connectivity index (χ1n) is 44.6. The lowest BCUT2D eigenvalue weighted by molar-refractivity contribution is 0.114. The number of anilines is 4. The maximum atomic E-state index is 13.8. The second-order valence-corrected chi connectivity index (χ2v) is 40.6. The van der Waals surface area contributed by atoms with Crippen molar-refractivity contribution in [2.75, 3.05) is 108 Å². The highest BCUT2D eigenvalue weighted by Crippen LogP contribution is 2.54. The van der Waals surface area contributed by atoms with E-state index in [2.05, 4.69) is 86.1 Å². The van der Waals surface area contributed by atoms with Crippen molar-refractivity contribution in [2.24, 2.45) is 5.92 Å². The van der Waals surface area contributed by atoms with Crippen LogP contribution < -0.4 is 45.2 Å². The molecule has 1 saturated carbocycles. The third-order valence-corrected chi connectivity index (χ3v) is 27.7. The van der Waals surface area contributed by atoms with Crippen LogP contribution in [-0.2, 0) is 164 Å². The maximum Gasteiger partial charge on any atom is 0.356 e. The molecule has 8 aromatic heterocycles. The molecular weight excluding hydrogens is 1960 g/mol. The summed E-state index contributed by atoms with van der Waals surface area (Å²) in [6, 6.07) is 30.5. The minimum absolute atomic E-state index is 0.00959. The summed E-state index contributed by atoms with van der Waals surface area (Å²) < 4.78 is 171. The topological polar surface area (TPSA) is 631 Å². The van der Waals surface area contributed by atoms with Gasteiger partial charge in [-0.25, -0.2) is 19.9 Å². The van der Waals surface area contributed by atoms with E-state index in [1.807, 2.05) is 125 Å². The Balaban J connectivity index is 0.000000152. The lowest BCUT2D eigenvalue weighted by Gasteiger charge is -2.19. The fourth-order valence-electron chi connectivity index (χ4n) is 14.0. The summed E-state index contributed by atoms with van der Waals surface area (Å²) in [6.07, 6.45) is 10.1. The van der Waals surface area contributed by atoms with E-state index in [-0.39, 0.29) is 218 Å². The number of aliphatic hydroxyl groups excluding tert-OH is 1. The molecule has 12 aromatic rings. The Morgan fingerprint density at radius 1 is 0.368 bits per heavy atom. The highest BCUT2D eigenvalue weighted by molar-refractivity contribution is 7.54. The summed E-state index contributed by atoms with van der Waals surface area (Å²) in [5.74, 6) is 3.07. The molecule has 0 radical (unpaired) electrons. The molecule has 13 N–H and O–H groups in total. The van der Waals surface area contributed by atoms with Gasteiger partial charge in [0, 0.05) is 32.1 Å². The highest BCUT2D eigenvalue weighted by Gasteiger charge is 2.37. The second kappa shape index (κ2) is 49.0. The number of fused-ring (bicyclic) bond motifs is 4. The number of aryl methyl sites for hydroxylation is 4. The number of hydrogen-bond donors (Lipinski definition) is 9. The minimum Gasteiger partial charge on any atom is -0.431 e. The van der Waals surface area contributed by atoms with E-state index in [0.29, 0.717) is 51.4 Å². The summed E-state index contributed by atoms with van der Waals surface area (Å²) in [4.78, 5) is 90.0. The molecule has 1 fully saturated rings. The monoisotopic (exact) mass is 2070 g/mol. The summed E-state index contributed by atoms with van der Waals surface area (Å²) in [5, 5.41) is 9.41. The first kappa shape index (κ1) is 106. The fraction of sp³-hybridized carbons (Fsp3) is 0.341. The predicted octanol–water partition coefficient (Wildman–Crippen LogP) is 12.4. The van der Waals surface area contributed by atoms with Crippen molar-refractivity contribution >= 4 is 98.8 Å². The van der Waals surface area contributed by atoms with Crippen LogP contribution in [0.4, 0.5) is 23.8 Å². The van der Waals surface area contributed by atoms with Crippen LogP contribution in [0.1, 0.15) is 77.1 Å². The zero-order chi connectivity index (χ0) is 102. The first-order valence-corrected chi connectivity index (χ1v) is 51.5. The van der Waals surface area contributed by atoms with Crippen LogP contribution in [0.3, 0.4) is 0 Å². The molecule has 5 aliphatic rings. The maximum absolute atomic E-state index is 13.8. The number of H-pyrrole nitrogens is 4. The van der Waals surface area contributed by atoms with Crippen molar-refractivity contribution in [3.8, 4) is 0 Å². The number of nitrogens with zero attached hydrogens (tertiary/aromatic N) is 12. The van der Waals surface area contributed by atoms with Crippen LogP contribution in [0, 0.1) is 33.6 Å². The summed E-state index contributed by atoms with van der Waals surface area (Å²) in [6.45, 7) is 24.7. The van der Waals surface area contributed by atoms with E-state index < -0.39 is 59.2 Å². The van der Waals surface area contributed by atoms with Crippen LogP contribution in [0.5, 0.6) is 0 Å². The third-order valence-electron chi connectivity index (χ3n) is 21.5. The van der Waals surface area contributed by atoms with Crippen molar-refractivity contribution < 1.29 is 116 Å². The molecule has 4 unspecified atom stereocenters. The first-order chi connectivity index (χ1) is 69.1. The summed E-state index contributed by atoms with van der Waals surface area (Å²) in [7, 11) is -14.9. The molecule has 1 aliphatic carbocycles.